The van der Waals surface area contributed by atoms with E-state index in [2.05, 4.69) is 6.07 Å². The maximum atomic E-state index is 14.6. The number of halogens is 2. The minimum atomic E-state index is -3.86. The van der Waals surface area contributed by atoms with Gasteiger partial charge in [-0.15, -0.1) is 0 Å². The van der Waals surface area contributed by atoms with Crippen molar-refractivity contribution in [3.8, 4) is 6.07 Å². The average molecular weight is 371 g/mol. The van der Waals surface area contributed by atoms with Gasteiger partial charge in [-0.2, -0.15) is 5.26 Å². The van der Waals surface area contributed by atoms with Crippen molar-refractivity contribution in [3.05, 3.63) is 76.4 Å². The number of hydrogen-bond donors (Lipinski definition) is 0. The average Bonchev–Trinajstić information content (AvgIpc) is 3.05. The van der Waals surface area contributed by atoms with E-state index in [1.165, 1.54) is 0 Å². The van der Waals surface area contributed by atoms with E-state index >= 15 is 0 Å². The number of aryl methyl sites for hydroxylation is 1. The molecule has 0 fully saturated rings. The van der Waals surface area contributed by atoms with Crippen LogP contribution in [0.3, 0.4) is 0 Å². The number of nitriles is 1. The first kappa shape index (κ1) is 18.0. The minimum absolute atomic E-state index is 0.00210. The number of sulfone groups is 1. The molecule has 0 aliphatic heterocycles. The summed E-state index contributed by atoms with van der Waals surface area (Å²) in [4.78, 5) is -0.662. The molecule has 0 saturated carbocycles. The molecule has 0 bridgehead atoms. The summed E-state index contributed by atoms with van der Waals surface area (Å²) in [6.07, 6.45) is 4.98. The SMILES string of the molecule is Cc1ccc(C2=CCC=C2c2cc(F)c(S(C)(=O)=O)cc2F)cc1C#N. The third-order valence-corrected chi connectivity index (χ3v) is 5.43. The van der Waals surface area contributed by atoms with Gasteiger partial charge in [-0.1, -0.05) is 24.3 Å². The largest absolute Gasteiger partial charge is 0.224 e. The van der Waals surface area contributed by atoms with E-state index in [1.54, 1.807) is 18.2 Å². The summed E-state index contributed by atoms with van der Waals surface area (Å²) in [7, 11) is -3.86. The maximum Gasteiger partial charge on any atom is 0.178 e. The number of rotatable bonds is 3. The van der Waals surface area contributed by atoms with Gasteiger partial charge in [0.1, 0.15) is 16.5 Å². The zero-order valence-corrected chi connectivity index (χ0v) is 15.0. The maximum absolute atomic E-state index is 14.6. The molecule has 1 aliphatic carbocycles. The van der Waals surface area contributed by atoms with Gasteiger partial charge in [0.25, 0.3) is 0 Å². The Morgan fingerprint density at radius 3 is 2.38 bits per heavy atom. The Kier molecular flexibility index (Phi) is 4.51. The van der Waals surface area contributed by atoms with Crippen molar-refractivity contribution in [1.29, 1.82) is 5.26 Å². The van der Waals surface area contributed by atoms with Gasteiger partial charge in [0.2, 0.25) is 0 Å². The molecule has 0 radical (unpaired) electrons. The van der Waals surface area contributed by atoms with Crippen molar-refractivity contribution in [1.82, 2.24) is 0 Å². The predicted octanol–water partition coefficient (Wildman–Crippen LogP) is 4.42. The Labute approximate surface area is 150 Å². The van der Waals surface area contributed by atoms with Crippen molar-refractivity contribution in [2.45, 2.75) is 18.2 Å². The van der Waals surface area contributed by atoms with Crippen LogP contribution < -0.4 is 0 Å². The number of allylic oxidation sites excluding steroid dienone is 4. The summed E-state index contributed by atoms with van der Waals surface area (Å²) in [5.41, 5.74) is 3.23. The Morgan fingerprint density at radius 1 is 1.04 bits per heavy atom. The van der Waals surface area contributed by atoms with Gasteiger partial charge < -0.3 is 0 Å². The van der Waals surface area contributed by atoms with Gasteiger partial charge in [-0.25, -0.2) is 17.2 Å². The van der Waals surface area contributed by atoms with Gasteiger partial charge in [0, 0.05) is 11.8 Å². The van der Waals surface area contributed by atoms with Crippen LogP contribution in [0.2, 0.25) is 0 Å². The molecule has 0 aromatic heterocycles. The first-order chi connectivity index (χ1) is 12.2. The van der Waals surface area contributed by atoms with Crippen molar-refractivity contribution >= 4 is 21.0 Å². The summed E-state index contributed by atoms with van der Waals surface area (Å²) in [6, 6.07) is 9.07. The highest BCUT2D eigenvalue weighted by Gasteiger charge is 2.23. The lowest BCUT2D eigenvalue weighted by Crippen LogP contribution is -2.04. The molecule has 3 nitrogen and oxygen atoms in total. The third kappa shape index (κ3) is 3.18. The van der Waals surface area contributed by atoms with Gasteiger partial charge in [0.05, 0.1) is 11.6 Å². The quantitative estimate of drug-likeness (QED) is 0.802. The lowest BCUT2D eigenvalue weighted by Gasteiger charge is -2.13. The van der Waals surface area contributed by atoms with Crippen LogP contribution in [0.15, 0.2) is 47.4 Å². The normalized spacial score (nSPS) is 14.0. The second kappa shape index (κ2) is 6.50. The molecule has 3 rings (SSSR count). The van der Waals surface area contributed by atoms with Crippen molar-refractivity contribution in [2.75, 3.05) is 6.26 Å². The van der Waals surface area contributed by atoms with Crippen LogP contribution in [0.25, 0.3) is 11.1 Å². The highest BCUT2D eigenvalue weighted by Crippen LogP contribution is 2.38. The number of nitrogens with zero attached hydrogens (tertiary/aromatic N) is 1. The first-order valence-corrected chi connectivity index (χ1v) is 9.73. The van der Waals surface area contributed by atoms with Crippen molar-refractivity contribution < 1.29 is 17.2 Å². The van der Waals surface area contributed by atoms with Crippen LogP contribution in [0.5, 0.6) is 0 Å². The van der Waals surface area contributed by atoms with E-state index in [0.717, 1.165) is 23.4 Å². The van der Waals surface area contributed by atoms with Crippen molar-refractivity contribution in [3.63, 3.8) is 0 Å². The van der Waals surface area contributed by atoms with E-state index in [-0.39, 0.29) is 5.56 Å². The first-order valence-electron chi connectivity index (χ1n) is 7.83. The van der Waals surface area contributed by atoms with E-state index in [0.29, 0.717) is 29.2 Å². The summed E-state index contributed by atoms with van der Waals surface area (Å²) < 4.78 is 51.9. The van der Waals surface area contributed by atoms with Crippen LogP contribution in [0.1, 0.15) is 28.7 Å². The van der Waals surface area contributed by atoms with Crippen LogP contribution in [0.4, 0.5) is 8.78 Å². The highest BCUT2D eigenvalue weighted by atomic mass is 32.2. The van der Waals surface area contributed by atoms with E-state index in [9.17, 15) is 22.5 Å². The zero-order valence-electron chi connectivity index (χ0n) is 14.2. The van der Waals surface area contributed by atoms with E-state index < -0.39 is 26.4 Å². The standard InChI is InChI=1S/C20H15F2NO2S/c1-12-6-7-13(8-14(12)11-23)15-4-3-5-16(15)17-9-19(22)20(10-18(17)21)26(2,24)25/h4-10H,3H2,1-2H3. The molecule has 0 heterocycles. The second-order valence-corrected chi connectivity index (χ2v) is 8.13. The van der Waals surface area contributed by atoms with E-state index in [1.807, 2.05) is 19.1 Å². The van der Waals surface area contributed by atoms with Crippen LogP contribution in [-0.4, -0.2) is 14.7 Å². The fourth-order valence-electron chi connectivity index (χ4n) is 2.97. The molecule has 0 N–H and O–H groups in total. The molecule has 26 heavy (non-hydrogen) atoms. The second-order valence-electron chi connectivity index (χ2n) is 6.15. The monoisotopic (exact) mass is 371 g/mol. The zero-order chi connectivity index (χ0) is 19.1. The van der Waals surface area contributed by atoms with Gasteiger partial charge in [-0.3, -0.25) is 0 Å². The van der Waals surface area contributed by atoms with Gasteiger partial charge in [0.15, 0.2) is 9.84 Å². The highest BCUT2D eigenvalue weighted by molar-refractivity contribution is 7.90. The number of benzene rings is 2. The third-order valence-electron chi connectivity index (χ3n) is 4.31. The molecule has 132 valence electrons. The Hall–Kier alpha value is -2.78. The molecule has 2 aromatic rings. The molecule has 0 spiro atoms. The summed E-state index contributed by atoms with van der Waals surface area (Å²) in [6.45, 7) is 1.82. The molecule has 2 aromatic carbocycles. The lowest BCUT2D eigenvalue weighted by molar-refractivity contribution is 0.554. The summed E-state index contributed by atoms with van der Waals surface area (Å²) in [5.74, 6) is -1.80. The minimum Gasteiger partial charge on any atom is -0.224 e. The predicted molar refractivity (Wildman–Crippen MR) is 95.9 cm³/mol. The smallest absolute Gasteiger partial charge is 0.178 e. The molecule has 6 heteroatoms. The molecule has 0 unspecified atom stereocenters. The summed E-state index contributed by atoms with van der Waals surface area (Å²) >= 11 is 0. The number of hydrogen-bond acceptors (Lipinski definition) is 3. The van der Waals surface area contributed by atoms with Gasteiger partial charge >= 0.3 is 0 Å². The Morgan fingerprint density at radius 2 is 1.73 bits per heavy atom. The van der Waals surface area contributed by atoms with Gasteiger partial charge in [-0.05, 0) is 53.8 Å². The molecule has 0 atom stereocenters. The van der Waals surface area contributed by atoms with Crippen LogP contribution in [0, 0.1) is 29.9 Å². The Balaban J connectivity index is 2.10. The topological polar surface area (TPSA) is 57.9 Å². The van der Waals surface area contributed by atoms with E-state index in [4.69, 9.17) is 0 Å². The summed E-state index contributed by atoms with van der Waals surface area (Å²) in [5, 5.41) is 9.21. The fraction of sp³-hybridized carbons (Fsp3) is 0.150. The van der Waals surface area contributed by atoms with Crippen LogP contribution in [-0.2, 0) is 9.84 Å². The molecule has 0 saturated heterocycles. The Bertz CT molecular complexity index is 1120. The molecular formula is C20H15F2NO2S. The van der Waals surface area contributed by atoms with Crippen LogP contribution >= 0.6 is 0 Å². The fourth-order valence-corrected chi connectivity index (χ4v) is 3.70. The molecule has 0 amide bonds. The van der Waals surface area contributed by atoms with Crippen molar-refractivity contribution in [2.24, 2.45) is 0 Å². The lowest BCUT2D eigenvalue weighted by atomic mass is 9.92. The molecular weight excluding hydrogens is 356 g/mol. The molecule has 1 aliphatic rings.